The zero-order valence-corrected chi connectivity index (χ0v) is 21.8. The summed E-state index contributed by atoms with van der Waals surface area (Å²) in [7, 11) is 0. The lowest BCUT2D eigenvalue weighted by Crippen LogP contribution is -2.37. The molecule has 0 aliphatic heterocycles. The van der Waals surface area contributed by atoms with Crippen molar-refractivity contribution in [2.45, 2.75) is 169 Å². The second-order valence-electron chi connectivity index (χ2n) is 9.86. The molecule has 1 heterocycles. The molecule has 31 heavy (non-hydrogen) atoms. The Balaban J connectivity index is 2.06. The summed E-state index contributed by atoms with van der Waals surface area (Å²) in [6.07, 6.45) is 34.2. The summed E-state index contributed by atoms with van der Waals surface area (Å²) in [6, 6.07) is 0. The molecule has 0 unspecified atom stereocenters. The van der Waals surface area contributed by atoms with Crippen molar-refractivity contribution < 1.29 is 4.57 Å². The Morgan fingerprint density at radius 2 is 1.00 bits per heavy atom. The van der Waals surface area contributed by atoms with Crippen molar-refractivity contribution in [1.29, 1.82) is 0 Å². The van der Waals surface area contributed by atoms with Crippen LogP contribution in [0.2, 0.25) is 0 Å². The van der Waals surface area contributed by atoms with Gasteiger partial charge in [0.15, 0.2) is 0 Å². The average Bonchev–Trinajstić information content (AvgIpc) is 3.15. The molecule has 182 valence electrons. The van der Waals surface area contributed by atoms with E-state index in [0.29, 0.717) is 0 Å². The fourth-order valence-corrected chi connectivity index (χ4v) is 4.78. The zero-order chi connectivity index (χ0) is 22.4. The van der Waals surface area contributed by atoms with Crippen LogP contribution in [0.3, 0.4) is 0 Å². The maximum atomic E-state index is 2.55. The van der Waals surface area contributed by atoms with Crippen molar-refractivity contribution in [2.24, 2.45) is 0 Å². The van der Waals surface area contributed by atoms with Crippen LogP contribution in [0.5, 0.6) is 0 Å². The van der Waals surface area contributed by atoms with Gasteiger partial charge in [-0.2, -0.15) is 0 Å². The molecule has 0 saturated carbocycles. The monoisotopic (exact) mass is 433 g/mol. The maximum absolute atomic E-state index is 2.55. The molecule has 0 aromatic carbocycles. The van der Waals surface area contributed by atoms with Gasteiger partial charge in [-0.25, -0.2) is 9.13 Å². The van der Waals surface area contributed by atoms with Gasteiger partial charge in [-0.1, -0.05) is 117 Å². The van der Waals surface area contributed by atoms with Crippen molar-refractivity contribution in [1.82, 2.24) is 4.57 Å². The lowest BCUT2D eigenvalue weighted by atomic mass is 10.0. The molecule has 0 amide bonds. The summed E-state index contributed by atoms with van der Waals surface area (Å²) in [5, 5.41) is 0. The van der Waals surface area contributed by atoms with Gasteiger partial charge in [0.1, 0.15) is 12.4 Å². The molecule has 0 aliphatic carbocycles. The average molecular weight is 434 g/mol. The Morgan fingerprint density at radius 1 is 0.548 bits per heavy atom. The van der Waals surface area contributed by atoms with Crippen molar-refractivity contribution in [3.8, 4) is 0 Å². The van der Waals surface area contributed by atoms with Crippen molar-refractivity contribution in [2.75, 3.05) is 0 Å². The third kappa shape index (κ3) is 14.8. The van der Waals surface area contributed by atoms with Gasteiger partial charge in [-0.05, 0) is 32.1 Å². The van der Waals surface area contributed by atoms with Gasteiger partial charge in [0.05, 0.1) is 13.1 Å². The number of nitrogens with zero attached hydrogens (tertiary/aromatic N) is 2. The lowest BCUT2D eigenvalue weighted by molar-refractivity contribution is -0.704. The molecule has 0 aliphatic rings. The quantitative estimate of drug-likeness (QED) is 0.120. The number of aromatic nitrogens is 2. The summed E-state index contributed by atoms with van der Waals surface area (Å²) in [6.45, 7) is 9.35. The molecule has 0 radical (unpaired) electrons. The van der Waals surface area contributed by atoms with Crippen LogP contribution in [-0.4, -0.2) is 4.57 Å². The second kappa shape index (κ2) is 21.1. The number of hydrogen-bond acceptors (Lipinski definition) is 0. The second-order valence-corrected chi connectivity index (χ2v) is 9.86. The Kier molecular flexibility index (Phi) is 19.2. The van der Waals surface area contributed by atoms with Crippen molar-refractivity contribution >= 4 is 0 Å². The van der Waals surface area contributed by atoms with E-state index in [9.17, 15) is 0 Å². The van der Waals surface area contributed by atoms with Crippen LogP contribution in [0.4, 0.5) is 0 Å². The van der Waals surface area contributed by atoms with Crippen molar-refractivity contribution in [3.05, 3.63) is 18.2 Å². The van der Waals surface area contributed by atoms with Gasteiger partial charge < -0.3 is 0 Å². The minimum Gasteiger partial charge on any atom is -0.234 e. The van der Waals surface area contributed by atoms with Gasteiger partial charge in [-0.3, -0.25) is 0 Å². The molecule has 0 fully saturated rings. The Morgan fingerprint density at radius 3 is 1.48 bits per heavy atom. The number of unbranched alkanes of at least 4 members (excludes halogenated alkanes) is 17. The molecular weight excluding hydrogens is 376 g/mol. The number of hydrogen-bond donors (Lipinski definition) is 0. The largest absolute Gasteiger partial charge is 0.256 e. The van der Waals surface area contributed by atoms with Gasteiger partial charge in [-0.15, -0.1) is 0 Å². The van der Waals surface area contributed by atoms with E-state index in [-0.39, 0.29) is 0 Å². The van der Waals surface area contributed by atoms with Gasteiger partial charge in [0, 0.05) is 6.42 Å². The third-order valence-corrected chi connectivity index (χ3v) is 6.82. The molecule has 0 atom stereocenters. The molecule has 2 heteroatoms. The van der Waals surface area contributed by atoms with Crippen LogP contribution in [-0.2, 0) is 19.5 Å². The molecule has 2 nitrogen and oxygen atoms in total. The first kappa shape index (κ1) is 28.2. The number of imidazole rings is 1. The van der Waals surface area contributed by atoms with Gasteiger partial charge in [0.2, 0.25) is 0 Å². The number of aryl methyl sites for hydroxylation is 2. The lowest BCUT2D eigenvalue weighted by Gasteiger charge is -2.06. The summed E-state index contributed by atoms with van der Waals surface area (Å²) in [4.78, 5) is 0. The highest BCUT2D eigenvalue weighted by atomic mass is 15.1. The van der Waals surface area contributed by atoms with Crippen LogP contribution in [0.15, 0.2) is 12.4 Å². The smallest absolute Gasteiger partial charge is 0.234 e. The highest BCUT2D eigenvalue weighted by molar-refractivity contribution is 4.84. The van der Waals surface area contributed by atoms with Crippen LogP contribution < -0.4 is 4.57 Å². The minimum atomic E-state index is 1.21. The SMILES string of the molecule is CCCCCCCCCCCCCCCCn1cc[n+](CCCCCCC)c1CCC. The minimum absolute atomic E-state index is 1.21. The Bertz CT molecular complexity index is 491. The van der Waals surface area contributed by atoms with Crippen LogP contribution >= 0.6 is 0 Å². The van der Waals surface area contributed by atoms with E-state index in [1.54, 1.807) is 5.82 Å². The predicted molar refractivity (Wildman–Crippen MR) is 138 cm³/mol. The highest BCUT2D eigenvalue weighted by Gasteiger charge is 2.15. The standard InChI is InChI=1S/C29H57N2/c1-4-7-9-11-12-13-14-15-16-17-18-19-21-23-26-31-28-27-30(29(31)24-6-3)25-22-20-10-8-5-2/h27-28H,4-26H2,1-3H3/q+1. The third-order valence-electron chi connectivity index (χ3n) is 6.82. The fraction of sp³-hybridized carbons (Fsp3) is 0.897. The molecule has 0 spiro atoms. The summed E-state index contributed by atoms with van der Waals surface area (Å²) < 4.78 is 5.09. The van der Waals surface area contributed by atoms with E-state index < -0.39 is 0 Å². The van der Waals surface area contributed by atoms with Crippen LogP contribution in [0.25, 0.3) is 0 Å². The number of rotatable bonds is 23. The first-order valence-corrected chi connectivity index (χ1v) is 14.4. The van der Waals surface area contributed by atoms with Crippen LogP contribution in [0.1, 0.15) is 155 Å². The highest BCUT2D eigenvalue weighted by Crippen LogP contribution is 2.13. The van der Waals surface area contributed by atoms with E-state index in [0.717, 1.165) is 0 Å². The van der Waals surface area contributed by atoms with E-state index in [1.807, 2.05) is 0 Å². The molecule has 1 aromatic heterocycles. The fourth-order valence-electron chi connectivity index (χ4n) is 4.78. The first-order valence-electron chi connectivity index (χ1n) is 14.4. The molecule has 1 rings (SSSR count). The molecule has 0 N–H and O–H groups in total. The van der Waals surface area contributed by atoms with E-state index in [2.05, 4.69) is 42.3 Å². The van der Waals surface area contributed by atoms with Gasteiger partial charge in [0.25, 0.3) is 5.82 Å². The van der Waals surface area contributed by atoms with E-state index in [4.69, 9.17) is 0 Å². The summed E-state index contributed by atoms with van der Waals surface area (Å²) in [5.74, 6) is 1.56. The van der Waals surface area contributed by atoms with Gasteiger partial charge >= 0.3 is 0 Å². The Hall–Kier alpha value is -0.790. The van der Waals surface area contributed by atoms with Crippen LogP contribution in [0, 0.1) is 0 Å². The normalized spacial score (nSPS) is 11.5. The van der Waals surface area contributed by atoms with E-state index in [1.165, 1.54) is 148 Å². The first-order chi connectivity index (χ1) is 15.3. The topological polar surface area (TPSA) is 8.81 Å². The zero-order valence-electron chi connectivity index (χ0n) is 21.8. The molecule has 0 bridgehead atoms. The molecule has 0 saturated heterocycles. The van der Waals surface area contributed by atoms with E-state index >= 15 is 0 Å². The Labute approximate surface area is 196 Å². The molecule has 1 aromatic rings. The molecular formula is C29H57N2+. The summed E-state index contributed by atoms with van der Waals surface area (Å²) in [5.41, 5.74) is 0. The summed E-state index contributed by atoms with van der Waals surface area (Å²) >= 11 is 0. The predicted octanol–water partition coefficient (Wildman–Crippen LogP) is 9.18. The van der Waals surface area contributed by atoms with Crippen molar-refractivity contribution in [3.63, 3.8) is 0 Å². The maximum Gasteiger partial charge on any atom is 0.256 e.